The molecular weight excluding hydrogens is 901 g/mol. The zero-order valence-electron chi connectivity index (χ0n) is 40.9. The maximum absolute atomic E-state index is 12.5. The zero-order valence-corrected chi connectivity index (χ0v) is 42.6. The maximum Gasteiger partial charge on any atom is 0.220 e. The van der Waals surface area contributed by atoms with E-state index in [9.17, 15) is 19.2 Å². The van der Waals surface area contributed by atoms with E-state index in [0.29, 0.717) is 31.7 Å². The van der Waals surface area contributed by atoms with Crippen molar-refractivity contribution in [2.45, 2.75) is 131 Å². The molecule has 11 nitrogen and oxygen atoms in total. The first-order chi connectivity index (χ1) is 33.4. The average molecular weight is 973 g/mol. The smallest absolute Gasteiger partial charge is 0.220 e. The molecule has 3 aliphatic carbocycles. The van der Waals surface area contributed by atoms with E-state index >= 15 is 0 Å². The SMILES string of the molecule is CN(C)C1(c2cccs2)CCC(NC(=O)CCC(=O)NCCc2ccc(Oc3ccccc3)cc2)CC1.CN(C)C1(c2cccs2)CCC(NC(=O)CCCC(=O)NC2CC2c2ccccc2)CC1. The summed E-state index contributed by atoms with van der Waals surface area (Å²) in [4.78, 5) is 56.9. The highest BCUT2D eigenvalue weighted by molar-refractivity contribution is 7.10. The molecule has 3 aliphatic rings. The third-order valence-electron chi connectivity index (χ3n) is 14.4. The van der Waals surface area contributed by atoms with Gasteiger partial charge in [-0.2, -0.15) is 0 Å². The number of hydrogen-bond acceptors (Lipinski definition) is 9. The van der Waals surface area contributed by atoms with Crippen LogP contribution in [0.5, 0.6) is 11.5 Å². The number of carbonyl (C=O) groups is 4. The van der Waals surface area contributed by atoms with Gasteiger partial charge in [-0.05, 0) is 157 Å². The molecule has 0 saturated heterocycles. The highest BCUT2D eigenvalue weighted by Gasteiger charge is 2.42. The van der Waals surface area contributed by atoms with Crippen LogP contribution in [0.25, 0.3) is 0 Å². The topological polar surface area (TPSA) is 132 Å². The van der Waals surface area contributed by atoms with Gasteiger partial charge < -0.3 is 26.0 Å². The zero-order chi connectivity index (χ0) is 48.6. The fourth-order valence-electron chi connectivity index (χ4n) is 10.1. The van der Waals surface area contributed by atoms with E-state index in [2.05, 4.69) is 106 Å². The molecule has 368 valence electrons. The Kier molecular flexibility index (Phi) is 18.6. The maximum atomic E-state index is 12.5. The standard InChI is InChI=1S/C30H37N3O3S.C26H35N3O2S/c1-33(2)30(27-9-6-22-37-27)19-16-24(17-20-30)32-29(35)15-14-28(34)31-21-18-23-10-12-26(13-11-23)36-25-7-4-3-5-8-25;1-29(2)26(23-10-7-17-32-23)15-13-20(14-16-26)27-24(30)11-6-12-25(31)28-22-18-21(22)19-8-4-3-5-9-19/h3-13,22,24H,14-21H2,1-2H3,(H,31,34)(H,32,35);3-5,7-10,17,20-22H,6,11-16,18H2,1-2H3,(H,27,30)(H,28,31). The quantitative estimate of drug-likeness (QED) is 0.0611. The van der Waals surface area contributed by atoms with E-state index in [0.717, 1.165) is 81.3 Å². The van der Waals surface area contributed by atoms with Crippen LogP contribution in [-0.4, -0.2) is 86.3 Å². The first-order valence-electron chi connectivity index (χ1n) is 24.9. The average Bonchev–Trinajstić information content (AvgIpc) is 3.66. The summed E-state index contributed by atoms with van der Waals surface area (Å²) in [6.07, 6.45) is 11.6. The number of benzene rings is 3. The minimum absolute atomic E-state index is 0.0392. The van der Waals surface area contributed by atoms with Gasteiger partial charge in [0.05, 0.1) is 11.1 Å². The summed E-state index contributed by atoms with van der Waals surface area (Å²) < 4.78 is 5.81. The molecule has 4 N–H and O–H groups in total. The van der Waals surface area contributed by atoms with Crippen molar-refractivity contribution in [3.63, 3.8) is 0 Å². The molecule has 0 aliphatic heterocycles. The van der Waals surface area contributed by atoms with Gasteiger partial charge in [0, 0.05) is 66.0 Å². The van der Waals surface area contributed by atoms with E-state index in [1.165, 1.54) is 15.3 Å². The van der Waals surface area contributed by atoms with Crippen molar-refractivity contribution in [2.75, 3.05) is 34.7 Å². The molecule has 0 bridgehead atoms. The van der Waals surface area contributed by atoms with Gasteiger partial charge in [0.15, 0.2) is 0 Å². The lowest BCUT2D eigenvalue weighted by atomic mass is 9.77. The molecule has 3 aromatic carbocycles. The van der Waals surface area contributed by atoms with Crippen LogP contribution in [0.2, 0.25) is 0 Å². The summed E-state index contributed by atoms with van der Waals surface area (Å²) in [5, 5.41) is 16.7. The van der Waals surface area contributed by atoms with E-state index in [1.54, 1.807) is 0 Å². The van der Waals surface area contributed by atoms with E-state index in [4.69, 9.17) is 4.74 Å². The first-order valence-corrected chi connectivity index (χ1v) is 26.6. The number of hydrogen-bond donors (Lipinski definition) is 4. The number of carbonyl (C=O) groups excluding carboxylic acids is 4. The number of thiophene rings is 2. The Hall–Kier alpha value is -5.34. The van der Waals surface area contributed by atoms with Crippen molar-refractivity contribution in [2.24, 2.45) is 0 Å². The van der Waals surface area contributed by atoms with Crippen LogP contribution < -0.4 is 26.0 Å². The van der Waals surface area contributed by atoms with E-state index in [-0.39, 0.29) is 65.7 Å². The van der Waals surface area contributed by atoms with E-state index < -0.39 is 0 Å². The molecule has 3 fully saturated rings. The molecule has 8 rings (SSSR count). The summed E-state index contributed by atoms with van der Waals surface area (Å²) in [6.45, 7) is 0.539. The van der Waals surface area contributed by atoms with Gasteiger partial charge in [0.25, 0.3) is 0 Å². The lowest BCUT2D eigenvalue weighted by molar-refractivity contribution is -0.127. The molecule has 2 unspecified atom stereocenters. The van der Waals surface area contributed by atoms with Crippen LogP contribution in [0, 0.1) is 0 Å². The molecule has 0 radical (unpaired) electrons. The Morgan fingerprint density at radius 3 is 1.55 bits per heavy atom. The third kappa shape index (κ3) is 14.6. The van der Waals surface area contributed by atoms with Crippen molar-refractivity contribution in [1.29, 1.82) is 0 Å². The fraction of sp³-hybridized carbons (Fsp3) is 0.464. The Labute approximate surface area is 417 Å². The normalized spacial score (nSPS) is 23.0. The molecule has 13 heteroatoms. The van der Waals surface area contributed by atoms with Crippen LogP contribution in [0.1, 0.15) is 117 Å². The predicted octanol–water partition coefficient (Wildman–Crippen LogP) is 9.90. The molecule has 69 heavy (non-hydrogen) atoms. The second-order valence-electron chi connectivity index (χ2n) is 19.4. The summed E-state index contributed by atoms with van der Waals surface area (Å²) >= 11 is 3.64. The summed E-state index contributed by atoms with van der Waals surface area (Å²) in [6, 6.07) is 37.2. The Bertz CT molecular complexity index is 2340. The van der Waals surface area contributed by atoms with Crippen molar-refractivity contribution in [3.05, 3.63) is 141 Å². The number of rotatable bonds is 20. The molecule has 0 spiro atoms. The number of nitrogens with one attached hydrogen (secondary N) is 4. The number of ether oxygens (including phenoxy) is 1. The molecular formula is C56H72N6O5S2. The lowest BCUT2D eigenvalue weighted by Crippen LogP contribution is -2.48. The van der Waals surface area contributed by atoms with Crippen LogP contribution in [0.15, 0.2) is 120 Å². The molecule has 2 atom stereocenters. The van der Waals surface area contributed by atoms with Gasteiger partial charge >= 0.3 is 0 Å². The Morgan fingerprint density at radius 1 is 0.565 bits per heavy atom. The van der Waals surface area contributed by atoms with Gasteiger partial charge in [0.2, 0.25) is 23.6 Å². The van der Waals surface area contributed by atoms with Gasteiger partial charge in [0.1, 0.15) is 11.5 Å². The van der Waals surface area contributed by atoms with Crippen LogP contribution >= 0.6 is 22.7 Å². The van der Waals surface area contributed by atoms with Gasteiger partial charge in [-0.3, -0.25) is 29.0 Å². The predicted molar refractivity (Wildman–Crippen MR) is 279 cm³/mol. The monoisotopic (exact) mass is 973 g/mol. The number of nitrogens with zero attached hydrogens (tertiary/aromatic N) is 2. The van der Waals surface area contributed by atoms with Crippen molar-refractivity contribution in [1.82, 2.24) is 31.1 Å². The Morgan fingerprint density at radius 2 is 1.04 bits per heavy atom. The Balaban J connectivity index is 0.000000206. The van der Waals surface area contributed by atoms with Gasteiger partial charge in [-0.25, -0.2) is 0 Å². The van der Waals surface area contributed by atoms with Crippen molar-refractivity contribution in [3.8, 4) is 11.5 Å². The third-order valence-corrected chi connectivity index (χ3v) is 16.5. The second-order valence-corrected chi connectivity index (χ2v) is 21.3. The lowest BCUT2D eigenvalue weighted by Gasteiger charge is -2.44. The highest BCUT2D eigenvalue weighted by Crippen LogP contribution is 2.44. The van der Waals surface area contributed by atoms with Crippen molar-refractivity contribution < 1.29 is 23.9 Å². The van der Waals surface area contributed by atoms with Gasteiger partial charge in [-0.1, -0.05) is 72.8 Å². The fourth-order valence-corrected chi connectivity index (χ4v) is 12.2. The van der Waals surface area contributed by atoms with Crippen LogP contribution in [-0.2, 0) is 36.7 Å². The summed E-state index contributed by atoms with van der Waals surface area (Å²) in [7, 11) is 8.61. The molecule has 4 amide bonds. The van der Waals surface area contributed by atoms with Crippen molar-refractivity contribution >= 4 is 46.3 Å². The van der Waals surface area contributed by atoms with Crippen LogP contribution in [0.4, 0.5) is 0 Å². The first kappa shape index (κ1) is 51.5. The highest BCUT2D eigenvalue weighted by atomic mass is 32.1. The number of para-hydroxylation sites is 1. The molecule has 3 saturated carbocycles. The minimum Gasteiger partial charge on any atom is -0.457 e. The number of amides is 4. The minimum atomic E-state index is -0.0906. The van der Waals surface area contributed by atoms with E-state index in [1.807, 2.05) is 95.5 Å². The largest absolute Gasteiger partial charge is 0.457 e. The molecule has 5 aromatic rings. The van der Waals surface area contributed by atoms with Gasteiger partial charge in [-0.15, -0.1) is 22.7 Å². The van der Waals surface area contributed by atoms with Crippen LogP contribution in [0.3, 0.4) is 0 Å². The summed E-state index contributed by atoms with van der Waals surface area (Å²) in [5.41, 5.74) is 2.56. The second kappa shape index (κ2) is 25.0. The molecule has 2 heterocycles. The molecule has 2 aromatic heterocycles. The summed E-state index contributed by atoms with van der Waals surface area (Å²) in [5.74, 6) is 2.03.